The molecule has 0 aliphatic rings. The van der Waals surface area contributed by atoms with Crippen LogP contribution in [0, 0.1) is 23.2 Å². The first-order valence-corrected chi connectivity index (χ1v) is 9.46. The molecule has 4 N–H and O–H groups in total. The molecule has 0 rings (SSSR count). The third-order valence-corrected chi connectivity index (χ3v) is 5.43. The highest BCUT2D eigenvalue weighted by Gasteiger charge is 2.81. The number of alkyl halides is 12. The summed E-state index contributed by atoms with van der Waals surface area (Å²) < 4.78 is 164. The number of rotatable bonds is 9. The second-order valence-electron chi connectivity index (χ2n) is 8.55. The highest BCUT2D eigenvalue weighted by Crippen LogP contribution is 2.62. The lowest BCUT2D eigenvalue weighted by Crippen LogP contribution is -2.76. The Hall–Kier alpha value is -2.30. The lowest BCUT2D eigenvalue weighted by atomic mass is 9.55. The van der Waals surface area contributed by atoms with Crippen LogP contribution in [0.2, 0.25) is 0 Å². The molecule has 2 amide bonds. The van der Waals surface area contributed by atoms with Crippen LogP contribution in [0.25, 0.3) is 0 Å². The van der Waals surface area contributed by atoms with Crippen molar-refractivity contribution in [2.24, 2.45) is 23.2 Å². The van der Waals surface area contributed by atoms with Gasteiger partial charge in [-0.15, -0.1) is 0 Å². The summed E-state index contributed by atoms with van der Waals surface area (Å²) in [6.45, 7) is 0.955. The standard InChI is InChI=1S/C17H22F12N2O4/c1-7(4-5-30-10(32)33)6-12(2,3)13(31-11(34)35,8(14(18,19)20)15(21,22)23)9(16(24,25)26)17(27,28)29/h7-9,30-31H,4-6H2,1-3H3,(H,32,33)(H,34,35). The maximum Gasteiger partial charge on any atom is 0.405 e. The maximum atomic E-state index is 13.7. The van der Waals surface area contributed by atoms with Crippen LogP contribution in [0.3, 0.4) is 0 Å². The molecule has 0 aromatic carbocycles. The summed E-state index contributed by atoms with van der Waals surface area (Å²) in [6.07, 6.45) is -33.5. The molecule has 1 unspecified atom stereocenters. The van der Waals surface area contributed by atoms with Crippen LogP contribution in [0.4, 0.5) is 62.3 Å². The van der Waals surface area contributed by atoms with E-state index < -0.39 is 85.0 Å². The van der Waals surface area contributed by atoms with E-state index >= 15 is 0 Å². The topological polar surface area (TPSA) is 98.7 Å². The molecule has 0 heterocycles. The number of amides is 2. The van der Waals surface area contributed by atoms with E-state index in [2.05, 4.69) is 0 Å². The molecule has 0 aliphatic heterocycles. The fourth-order valence-electron chi connectivity index (χ4n) is 4.41. The van der Waals surface area contributed by atoms with Gasteiger partial charge >= 0.3 is 36.9 Å². The molecular formula is C17H22F12N2O4. The quantitative estimate of drug-likeness (QED) is 0.260. The van der Waals surface area contributed by atoms with Gasteiger partial charge in [0.05, 0.1) is 5.54 Å². The number of hydrogen-bond acceptors (Lipinski definition) is 2. The van der Waals surface area contributed by atoms with E-state index in [1.165, 1.54) is 0 Å². The minimum atomic E-state index is -6.82. The predicted octanol–water partition coefficient (Wildman–Crippen LogP) is 6.18. The Kier molecular flexibility index (Phi) is 9.68. The van der Waals surface area contributed by atoms with Gasteiger partial charge in [-0.3, -0.25) is 0 Å². The third-order valence-electron chi connectivity index (χ3n) is 5.43. The number of carbonyl (C=O) groups is 2. The first kappa shape index (κ1) is 32.7. The average molecular weight is 546 g/mol. The van der Waals surface area contributed by atoms with E-state index in [9.17, 15) is 62.3 Å². The van der Waals surface area contributed by atoms with E-state index in [0.717, 1.165) is 6.92 Å². The fourth-order valence-corrected chi connectivity index (χ4v) is 4.41. The van der Waals surface area contributed by atoms with Gasteiger partial charge in [0.1, 0.15) is 0 Å². The predicted molar refractivity (Wildman–Crippen MR) is 93.3 cm³/mol. The first-order valence-electron chi connectivity index (χ1n) is 9.46. The minimum Gasteiger partial charge on any atom is -0.465 e. The summed E-state index contributed by atoms with van der Waals surface area (Å²) in [6, 6.07) is 0. The lowest BCUT2D eigenvalue weighted by Gasteiger charge is -2.56. The van der Waals surface area contributed by atoms with E-state index in [1.807, 2.05) is 0 Å². The molecule has 0 aromatic heterocycles. The molecule has 0 aliphatic carbocycles. The van der Waals surface area contributed by atoms with Crippen molar-refractivity contribution in [2.45, 2.75) is 63.9 Å². The van der Waals surface area contributed by atoms with Crippen LogP contribution < -0.4 is 10.6 Å². The van der Waals surface area contributed by atoms with Crippen molar-refractivity contribution in [1.82, 2.24) is 10.6 Å². The van der Waals surface area contributed by atoms with Gasteiger partial charge in [0.2, 0.25) is 0 Å². The molecule has 0 saturated heterocycles. The van der Waals surface area contributed by atoms with Crippen LogP contribution in [0.5, 0.6) is 0 Å². The zero-order chi connectivity index (χ0) is 28.4. The molecule has 1 atom stereocenters. The van der Waals surface area contributed by atoms with Crippen molar-refractivity contribution in [3.63, 3.8) is 0 Å². The van der Waals surface area contributed by atoms with Crippen molar-refractivity contribution in [3.8, 4) is 0 Å². The van der Waals surface area contributed by atoms with Gasteiger partial charge in [-0.1, -0.05) is 20.8 Å². The summed E-state index contributed by atoms with van der Waals surface area (Å²) in [5.41, 5.74) is -8.60. The Labute approximate surface area is 190 Å². The molecule has 0 fully saturated rings. The number of carboxylic acid groups (broad SMARTS) is 2. The number of nitrogens with one attached hydrogen (secondary N) is 2. The van der Waals surface area contributed by atoms with Gasteiger partial charge < -0.3 is 20.8 Å². The van der Waals surface area contributed by atoms with Gasteiger partial charge in [-0.25, -0.2) is 9.59 Å². The van der Waals surface area contributed by atoms with Crippen molar-refractivity contribution in [1.29, 1.82) is 0 Å². The van der Waals surface area contributed by atoms with Crippen LogP contribution in [-0.4, -0.2) is 59.2 Å². The number of halogens is 12. The second-order valence-corrected chi connectivity index (χ2v) is 8.55. The molecule has 208 valence electrons. The van der Waals surface area contributed by atoms with Gasteiger partial charge in [0.15, 0.2) is 11.8 Å². The molecular weight excluding hydrogens is 524 g/mol. The van der Waals surface area contributed by atoms with Gasteiger partial charge in [-0.05, 0) is 24.2 Å². The van der Waals surface area contributed by atoms with Gasteiger partial charge in [0.25, 0.3) is 0 Å². The second kappa shape index (κ2) is 10.4. The van der Waals surface area contributed by atoms with Crippen LogP contribution in [0.1, 0.15) is 33.6 Å². The van der Waals surface area contributed by atoms with E-state index in [1.54, 1.807) is 5.32 Å². The Morgan fingerprint density at radius 1 is 0.714 bits per heavy atom. The SMILES string of the molecule is CC(CCNC(=O)O)CC(C)(C)C(NC(=O)O)(C(C(F)(F)F)C(F)(F)F)C(C(F)(F)F)C(F)(F)F. The van der Waals surface area contributed by atoms with Crippen LogP contribution in [0.15, 0.2) is 0 Å². The van der Waals surface area contributed by atoms with E-state index in [0.29, 0.717) is 5.32 Å². The number of hydrogen-bond donors (Lipinski definition) is 4. The lowest BCUT2D eigenvalue weighted by molar-refractivity contribution is -0.371. The minimum absolute atomic E-state index is 0.221. The van der Waals surface area contributed by atoms with Crippen molar-refractivity contribution in [3.05, 3.63) is 0 Å². The van der Waals surface area contributed by atoms with Crippen molar-refractivity contribution in [2.75, 3.05) is 6.54 Å². The summed E-state index contributed by atoms with van der Waals surface area (Å²) >= 11 is 0. The Balaban J connectivity index is 7.44. The highest BCUT2D eigenvalue weighted by atomic mass is 19.4. The first-order chi connectivity index (χ1) is 15.2. The summed E-state index contributed by atoms with van der Waals surface area (Å²) in [5, 5.41) is 19.6. The van der Waals surface area contributed by atoms with Crippen LogP contribution in [-0.2, 0) is 0 Å². The molecule has 0 radical (unpaired) electrons. The summed E-state index contributed by atoms with van der Waals surface area (Å²) in [5.74, 6) is -12.1. The summed E-state index contributed by atoms with van der Waals surface area (Å²) in [7, 11) is 0. The highest BCUT2D eigenvalue weighted by molar-refractivity contribution is 5.66. The van der Waals surface area contributed by atoms with E-state index in [4.69, 9.17) is 10.2 Å². The zero-order valence-electron chi connectivity index (χ0n) is 18.1. The van der Waals surface area contributed by atoms with E-state index in [-0.39, 0.29) is 13.8 Å². The average Bonchev–Trinajstić information content (AvgIpc) is 2.46. The largest absolute Gasteiger partial charge is 0.465 e. The van der Waals surface area contributed by atoms with Crippen LogP contribution >= 0.6 is 0 Å². The Morgan fingerprint density at radius 2 is 1.06 bits per heavy atom. The molecule has 0 bridgehead atoms. The normalized spacial score (nSPS) is 15.3. The Morgan fingerprint density at radius 3 is 1.31 bits per heavy atom. The Bertz CT molecular complexity index is 683. The summed E-state index contributed by atoms with van der Waals surface area (Å²) in [4.78, 5) is 21.7. The molecule has 35 heavy (non-hydrogen) atoms. The molecule has 18 heteroatoms. The maximum absolute atomic E-state index is 13.7. The molecule has 6 nitrogen and oxygen atoms in total. The third kappa shape index (κ3) is 8.12. The molecule has 0 aromatic rings. The monoisotopic (exact) mass is 546 g/mol. The van der Waals surface area contributed by atoms with Gasteiger partial charge in [0, 0.05) is 6.54 Å². The molecule has 0 saturated carbocycles. The van der Waals surface area contributed by atoms with Crippen molar-refractivity contribution >= 4 is 12.2 Å². The fraction of sp³-hybridized carbons (Fsp3) is 0.882. The van der Waals surface area contributed by atoms with Crippen molar-refractivity contribution < 1.29 is 72.5 Å². The molecule has 0 spiro atoms. The smallest absolute Gasteiger partial charge is 0.405 e. The zero-order valence-corrected chi connectivity index (χ0v) is 18.1. The van der Waals surface area contributed by atoms with Gasteiger partial charge in [-0.2, -0.15) is 52.7 Å².